The number of benzene rings is 1. The van der Waals surface area contributed by atoms with Crippen LogP contribution in [-0.2, 0) is 21.1 Å². The average Bonchev–Trinajstić information content (AvgIpc) is 3.28. The van der Waals surface area contributed by atoms with E-state index in [1.165, 1.54) is 11.8 Å². The molecule has 3 aliphatic rings. The smallest absolute Gasteiger partial charge is 0.227 e. The number of piperazine rings is 1. The van der Waals surface area contributed by atoms with Crippen molar-refractivity contribution in [3.05, 3.63) is 48.3 Å². The number of hydrogen-bond donors (Lipinski definition) is 1. The van der Waals surface area contributed by atoms with Crippen LogP contribution in [0.3, 0.4) is 0 Å². The van der Waals surface area contributed by atoms with Crippen molar-refractivity contribution in [1.29, 1.82) is 0 Å². The number of anilines is 2. The summed E-state index contributed by atoms with van der Waals surface area (Å²) >= 11 is 1.50. The molecule has 2 aromatic rings. The third-order valence-electron chi connectivity index (χ3n) is 5.85. The van der Waals surface area contributed by atoms with Gasteiger partial charge in [0.25, 0.3) is 0 Å². The minimum absolute atomic E-state index is 0.0216. The van der Waals surface area contributed by atoms with Crippen LogP contribution < -0.4 is 10.2 Å². The van der Waals surface area contributed by atoms with Crippen molar-refractivity contribution < 1.29 is 13.2 Å². The molecule has 1 aromatic heterocycles. The van der Waals surface area contributed by atoms with Crippen LogP contribution in [0.4, 0.5) is 11.6 Å². The Morgan fingerprint density at radius 3 is 2.47 bits per heavy atom. The SMILES string of the molecule is O=C(Cc1ccc(NC2=N[C@H]3CS(=O)(=O)C[C@H]3S2)cc1)N1CCN(c2ncccn2)CC1. The fraction of sp³-hybridized carbons (Fsp3) is 0.429. The quantitative estimate of drug-likeness (QED) is 0.704. The highest BCUT2D eigenvalue weighted by Gasteiger charge is 2.42. The van der Waals surface area contributed by atoms with Crippen molar-refractivity contribution >= 4 is 44.3 Å². The highest BCUT2D eigenvalue weighted by molar-refractivity contribution is 8.15. The van der Waals surface area contributed by atoms with Gasteiger partial charge in [-0.05, 0) is 23.8 Å². The van der Waals surface area contributed by atoms with E-state index in [0.717, 1.165) is 29.5 Å². The first-order valence-corrected chi connectivity index (χ1v) is 13.3. The number of fused-ring (bicyclic) bond motifs is 1. The standard InChI is InChI=1S/C21H24N6O3S2/c28-19(26-8-10-27(11-9-26)20-22-6-1-7-23-20)12-15-2-4-16(5-3-15)24-21-25-17-13-32(29,30)14-18(17)31-21/h1-7,17-18H,8-14H2,(H,24,25)/t17-,18+/m0/s1. The minimum atomic E-state index is -2.95. The molecule has 4 heterocycles. The maximum Gasteiger partial charge on any atom is 0.227 e. The number of rotatable bonds is 4. The molecule has 32 heavy (non-hydrogen) atoms. The first kappa shape index (κ1) is 21.2. The molecule has 5 rings (SSSR count). The van der Waals surface area contributed by atoms with Gasteiger partial charge in [0.2, 0.25) is 11.9 Å². The molecule has 168 valence electrons. The van der Waals surface area contributed by atoms with E-state index in [-0.39, 0.29) is 28.7 Å². The predicted octanol–water partition coefficient (Wildman–Crippen LogP) is 1.05. The number of sulfone groups is 1. The maximum atomic E-state index is 12.7. The monoisotopic (exact) mass is 472 g/mol. The number of amidine groups is 1. The molecule has 2 fully saturated rings. The highest BCUT2D eigenvalue weighted by atomic mass is 32.2. The second-order valence-electron chi connectivity index (χ2n) is 8.15. The third kappa shape index (κ3) is 4.73. The zero-order valence-corrected chi connectivity index (χ0v) is 19.1. The lowest BCUT2D eigenvalue weighted by molar-refractivity contribution is -0.130. The van der Waals surface area contributed by atoms with E-state index in [4.69, 9.17) is 0 Å². The number of amides is 1. The summed E-state index contributed by atoms with van der Waals surface area (Å²) in [6, 6.07) is 9.40. The minimum Gasteiger partial charge on any atom is -0.339 e. The van der Waals surface area contributed by atoms with Crippen LogP contribution in [0.25, 0.3) is 0 Å². The van der Waals surface area contributed by atoms with Crippen molar-refractivity contribution in [1.82, 2.24) is 14.9 Å². The largest absolute Gasteiger partial charge is 0.339 e. The summed E-state index contributed by atoms with van der Waals surface area (Å²) in [5, 5.41) is 4.05. The molecular formula is C21H24N6O3S2. The lowest BCUT2D eigenvalue weighted by atomic mass is 10.1. The Morgan fingerprint density at radius 2 is 1.78 bits per heavy atom. The molecule has 0 bridgehead atoms. The van der Waals surface area contributed by atoms with Crippen LogP contribution >= 0.6 is 11.8 Å². The van der Waals surface area contributed by atoms with Crippen LogP contribution in [0.5, 0.6) is 0 Å². The van der Waals surface area contributed by atoms with Crippen LogP contribution in [0.1, 0.15) is 5.56 Å². The zero-order chi connectivity index (χ0) is 22.1. The van der Waals surface area contributed by atoms with E-state index in [1.807, 2.05) is 29.2 Å². The number of hydrogen-bond acceptors (Lipinski definition) is 9. The lowest BCUT2D eigenvalue weighted by Gasteiger charge is -2.34. The van der Waals surface area contributed by atoms with E-state index in [1.54, 1.807) is 18.5 Å². The summed E-state index contributed by atoms with van der Waals surface area (Å²) in [7, 11) is -2.95. The van der Waals surface area contributed by atoms with E-state index in [2.05, 4.69) is 25.2 Å². The van der Waals surface area contributed by atoms with Gasteiger partial charge in [0, 0.05) is 49.5 Å². The Labute approximate surface area is 191 Å². The molecule has 0 aliphatic carbocycles. The van der Waals surface area contributed by atoms with Gasteiger partial charge in [0.15, 0.2) is 15.0 Å². The third-order valence-corrected chi connectivity index (χ3v) is 8.99. The fourth-order valence-corrected chi connectivity index (χ4v) is 7.82. The Morgan fingerprint density at radius 1 is 1.06 bits per heavy atom. The Balaban J connectivity index is 1.12. The van der Waals surface area contributed by atoms with Gasteiger partial charge in [0.05, 0.1) is 24.0 Å². The zero-order valence-electron chi connectivity index (χ0n) is 17.4. The van der Waals surface area contributed by atoms with Gasteiger partial charge in [-0.1, -0.05) is 23.9 Å². The summed E-state index contributed by atoms with van der Waals surface area (Å²) in [6.45, 7) is 2.76. The van der Waals surface area contributed by atoms with Gasteiger partial charge in [-0.25, -0.2) is 18.4 Å². The molecule has 1 aromatic carbocycles. The topological polar surface area (TPSA) is 108 Å². The van der Waals surface area contributed by atoms with Gasteiger partial charge in [0.1, 0.15) is 0 Å². The molecule has 1 amide bonds. The van der Waals surface area contributed by atoms with Crippen LogP contribution in [-0.4, -0.2) is 83.3 Å². The van der Waals surface area contributed by atoms with Crippen LogP contribution in [0, 0.1) is 0 Å². The molecule has 0 saturated carbocycles. The Hall–Kier alpha value is -2.66. The van der Waals surface area contributed by atoms with Gasteiger partial charge < -0.3 is 15.1 Å². The van der Waals surface area contributed by atoms with E-state index in [0.29, 0.717) is 25.5 Å². The number of nitrogens with one attached hydrogen (secondary N) is 1. The lowest BCUT2D eigenvalue weighted by Crippen LogP contribution is -2.49. The van der Waals surface area contributed by atoms with Crippen LogP contribution in [0.2, 0.25) is 0 Å². The molecule has 1 N–H and O–H groups in total. The number of aromatic nitrogens is 2. The highest BCUT2D eigenvalue weighted by Crippen LogP contribution is 2.34. The summed E-state index contributed by atoms with van der Waals surface area (Å²) < 4.78 is 23.4. The molecule has 0 spiro atoms. The molecule has 2 saturated heterocycles. The summed E-state index contributed by atoms with van der Waals surface area (Å²) in [5.41, 5.74) is 1.84. The summed E-state index contributed by atoms with van der Waals surface area (Å²) in [5.74, 6) is 1.16. The number of thioether (sulfide) groups is 1. The second kappa shape index (κ2) is 8.70. The molecule has 0 radical (unpaired) electrons. The van der Waals surface area contributed by atoms with Crippen molar-refractivity contribution in [3.8, 4) is 0 Å². The van der Waals surface area contributed by atoms with Gasteiger partial charge in [-0.2, -0.15) is 0 Å². The van der Waals surface area contributed by atoms with Crippen molar-refractivity contribution in [3.63, 3.8) is 0 Å². The first-order chi connectivity index (χ1) is 15.4. The molecular weight excluding hydrogens is 448 g/mol. The van der Waals surface area contributed by atoms with Crippen molar-refractivity contribution in [2.75, 3.05) is 47.9 Å². The van der Waals surface area contributed by atoms with Gasteiger partial charge in [-0.15, -0.1) is 0 Å². The molecule has 11 heteroatoms. The van der Waals surface area contributed by atoms with Gasteiger partial charge >= 0.3 is 0 Å². The molecule has 2 atom stereocenters. The Bertz CT molecular complexity index is 1120. The summed E-state index contributed by atoms with van der Waals surface area (Å²) in [4.78, 5) is 29.8. The van der Waals surface area contributed by atoms with E-state index in [9.17, 15) is 13.2 Å². The molecule has 3 aliphatic heterocycles. The van der Waals surface area contributed by atoms with Crippen LogP contribution in [0.15, 0.2) is 47.7 Å². The predicted molar refractivity (Wildman–Crippen MR) is 126 cm³/mol. The normalized spacial score (nSPS) is 24.2. The second-order valence-corrected chi connectivity index (χ2v) is 11.5. The van der Waals surface area contributed by atoms with Crippen molar-refractivity contribution in [2.45, 2.75) is 17.7 Å². The van der Waals surface area contributed by atoms with Crippen molar-refractivity contribution in [2.24, 2.45) is 4.99 Å². The van der Waals surface area contributed by atoms with E-state index >= 15 is 0 Å². The number of carbonyl (C=O) groups is 1. The maximum absolute atomic E-state index is 12.7. The first-order valence-electron chi connectivity index (χ1n) is 10.6. The fourth-order valence-electron chi connectivity index (χ4n) is 4.14. The summed E-state index contributed by atoms with van der Waals surface area (Å²) in [6.07, 6.45) is 3.82. The number of carbonyl (C=O) groups excluding carboxylic acids is 1. The van der Waals surface area contributed by atoms with Gasteiger partial charge in [-0.3, -0.25) is 9.79 Å². The molecule has 9 nitrogen and oxygen atoms in total. The molecule has 0 unspecified atom stereocenters. The van der Waals surface area contributed by atoms with E-state index < -0.39 is 9.84 Å². The average molecular weight is 473 g/mol. The number of nitrogens with zero attached hydrogens (tertiary/aromatic N) is 5. The number of aliphatic imine (C=N–C) groups is 1. The Kier molecular flexibility index (Phi) is 5.76.